The summed E-state index contributed by atoms with van der Waals surface area (Å²) in [7, 11) is 0. The zero-order valence-corrected chi connectivity index (χ0v) is 22.2. The van der Waals surface area contributed by atoms with E-state index in [1.807, 2.05) is 25.7 Å². The number of anilines is 1. The molecule has 0 radical (unpaired) electrons. The van der Waals surface area contributed by atoms with E-state index in [1.165, 1.54) is 24.3 Å². The van der Waals surface area contributed by atoms with Crippen molar-refractivity contribution >= 4 is 40.5 Å². The lowest BCUT2D eigenvalue weighted by Crippen LogP contribution is -2.56. The molecule has 2 aliphatic heterocycles. The fourth-order valence-electron chi connectivity index (χ4n) is 4.78. The Morgan fingerprint density at radius 2 is 1.89 bits per heavy atom. The SMILES string of the molecule is CCOC(=O)C(F)(F)Oc1ccc(-c2nccs2)c2nc(N3CC4CCC(C3)N4C(=O)OC(C)(C)C)oc12. The molecule has 3 aromatic rings. The zero-order chi connectivity index (χ0) is 27.2. The number of rotatable bonds is 6. The number of benzene rings is 1. The Morgan fingerprint density at radius 3 is 2.50 bits per heavy atom. The molecule has 2 fully saturated rings. The van der Waals surface area contributed by atoms with E-state index in [4.69, 9.17) is 13.9 Å². The Labute approximate surface area is 221 Å². The van der Waals surface area contributed by atoms with E-state index in [-0.39, 0.29) is 47.6 Å². The standard InChI is InChI=1S/C25H28F2N4O6S/c1-5-34-21(32)25(26,27)36-17-9-8-16(20-28-10-11-38-20)18-19(17)35-22(29-18)30-12-14-6-7-15(13-30)31(14)23(33)37-24(2,3)4/h8-11,14-15H,5-7,12-13H2,1-4H3. The van der Waals surface area contributed by atoms with Gasteiger partial charge < -0.3 is 23.5 Å². The third-order valence-corrected chi connectivity index (χ3v) is 7.07. The summed E-state index contributed by atoms with van der Waals surface area (Å²) in [6, 6.07) is 2.83. The summed E-state index contributed by atoms with van der Waals surface area (Å²) in [6.07, 6.45) is -1.36. The number of nitrogens with zero attached hydrogens (tertiary/aromatic N) is 4. The molecule has 13 heteroatoms. The molecular weight excluding hydrogens is 522 g/mol. The molecule has 4 heterocycles. The van der Waals surface area contributed by atoms with Gasteiger partial charge in [-0.25, -0.2) is 14.6 Å². The molecular formula is C25H28F2N4O6S. The highest BCUT2D eigenvalue weighted by molar-refractivity contribution is 7.13. The summed E-state index contributed by atoms with van der Waals surface area (Å²) in [5, 5.41) is 2.41. The van der Waals surface area contributed by atoms with Gasteiger partial charge in [0.05, 0.1) is 18.7 Å². The largest absolute Gasteiger partial charge is 0.502 e. The monoisotopic (exact) mass is 550 g/mol. The molecule has 204 valence electrons. The average molecular weight is 551 g/mol. The molecule has 0 spiro atoms. The van der Waals surface area contributed by atoms with E-state index in [1.54, 1.807) is 22.5 Å². The van der Waals surface area contributed by atoms with Gasteiger partial charge in [-0.2, -0.15) is 13.8 Å². The number of thiazole rings is 1. The first-order valence-corrected chi connectivity index (χ1v) is 13.2. The normalized spacial score (nSPS) is 19.6. The van der Waals surface area contributed by atoms with Crippen LogP contribution in [0, 0.1) is 0 Å². The fourth-order valence-corrected chi connectivity index (χ4v) is 5.45. The van der Waals surface area contributed by atoms with Crippen molar-refractivity contribution < 1.29 is 37.0 Å². The second-order valence-electron chi connectivity index (χ2n) is 10.1. The van der Waals surface area contributed by atoms with Crippen LogP contribution in [-0.2, 0) is 14.3 Å². The van der Waals surface area contributed by atoms with Crippen molar-refractivity contribution in [1.29, 1.82) is 0 Å². The van der Waals surface area contributed by atoms with Gasteiger partial charge >= 0.3 is 18.2 Å². The number of alkyl halides is 2. The first-order chi connectivity index (χ1) is 18.0. The van der Waals surface area contributed by atoms with Gasteiger partial charge in [0.2, 0.25) is 0 Å². The van der Waals surface area contributed by atoms with E-state index in [2.05, 4.69) is 14.7 Å². The Bertz CT molecular complexity index is 1330. The molecule has 5 rings (SSSR count). The van der Waals surface area contributed by atoms with Crippen LogP contribution in [0.2, 0.25) is 0 Å². The lowest BCUT2D eigenvalue weighted by Gasteiger charge is -2.40. The number of carbonyl (C=O) groups is 2. The van der Waals surface area contributed by atoms with Crippen LogP contribution < -0.4 is 9.64 Å². The van der Waals surface area contributed by atoms with Crippen molar-refractivity contribution in [3.63, 3.8) is 0 Å². The van der Waals surface area contributed by atoms with Crippen LogP contribution in [0.5, 0.6) is 5.75 Å². The molecule has 0 aliphatic carbocycles. The topological polar surface area (TPSA) is 107 Å². The van der Waals surface area contributed by atoms with Crippen LogP contribution in [-0.4, -0.2) is 70.4 Å². The van der Waals surface area contributed by atoms with Gasteiger partial charge in [-0.3, -0.25) is 4.90 Å². The van der Waals surface area contributed by atoms with Crippen molar-refractivity contribution in [2.75, 3.05) is 24.6 Å². The van der Waals surface area contributed by atoms with E-state index >= 15 is 0 Å². The number of hydrogen-bond acceptors (Lipinski definition) is 10. The van der Waals surface area contributed by atoms with Gasteiger partial charge in [0, 0.05) is 30.2 Å². The molecule has 2 saturated heterocycles. The lowest BCUT2D eigenvalue weighted by molar-refractivity contribution is -0.216. The Kier molecular flexibility index (Phi) is 6.66. The maximum Gasteiger partial charge on any atom is 0.502 e. The predicted molar refractivity (Wildman–Crippen MR) is 134 cm³/mol. The number of aromatic nitrogens is 2. The van der Waals surface area contributed by atoms with Crippen molar-refractivity contribution in [3.8, 4) is 16.3 Å². The van der Waals surface area contributed by atoms with E-state index in [0.717, 1.165) is 12.8 Å². The summed E-state index contributed by atoms with van der Waals surface area (Å²) >= 11 is 1.36. The molecule has 2 unspecified atom stereocenters. The first kappa shape index (κ1) is 26.1. The number of esters is 1. The van der Waals surface area contributed by atoms with Gasteiger partial charge in [0.1, 0.15) is 16.1 Å². The Balaban J connectivity index is 1.47. The molecule has 38 heavy (non-hydrogen) atoms. The minimum atomic E-state index is -4.23. The van der Waals surface area contributed by atoms with Crippen LogP contribution in [0.25, 0.3) is 21.7 Å². The quantitative estimate of drug-likeness (QED) is 0.389. The van der Waals surface area contributed by atoms with Crippen molar-refractivity contribution in [2.45, 2.75) is 64.3 Å². The van der Waals surface area contributed by atoms with E-state index in [0.29, 0.717) is 23.7 Å². The molecule has 1 amide bonds. The second-order valence-corrected chi connectivity index (χ2v) is 11.0. The van der Waals surface area contributed by atoms with Crippen LogP contribution in [0.3, 0.4) is 0 Å². The molecule has 2 aliphatic rings. The lowest BCUT2D eigenvalue weighted by atomic mass is 10.2. The van der Waals surface area contributed by atoms with Crippen LogP contribution >= 0.6 is 11.3 Å². The Hall–Kier alpha value is -3.48. The fraction of sp³-hybridized carbons (Fsp3) is 0.520. The molecule has 2 aromatic heterocycles. The zero-order valence-electron chi connectivity index (χ0n) is 21.4. The van der Waals surface area contributed by atoms with Crippen LogP contribution in [0.1, 0.15) is 40.5 Å². The third-order valence-electron chi connectivity index (χ3n) is 6.27. The smallest absolute Gasteiger partial charge is 0.459 e. The molecule has 0 N–H and O–H groups in total. The number of hydrogen-bond donors (Lipinski definition) is 0. The van der Waals surface area contributed by atoms with E-state index < -0.39 is 17.7 Å². The first-order valence-electron chi connectivity index (χ1n) is 12.3. The van der Waals surface area contributed by atoms with E-state index in [9.17, 15) is 18.4 Å². The molecule has 1 aromatic carbocycles. The Morgan fingerprint density at radius 1 is 1.18 bits per heavy atom. The van der Waals surface area contributed by atoms with Crippen molar-refractivity contribution in [1.82, 2.24) is 14.9 Å². The minimum Gasteiger partial charge on any atom is -0.459 e. The highest BCUT2D eigenvalue weighted by atomic mass is 32.1. The number of piperazine rings is 1. The summed E-state index contributed by atoms with van der Waals surface area (Å²) in [5.74, 6) is -2.15. The predicted octanol–water partition coefficient (Wildman–Crippen LogP) is 5.07. The highest BCUT2D eigenvalue weighted by Gasteiger charge is 2.47. The molecule has 0 saturated carbocycles. The van der Waals surface area contributed by atoms with Gasteiger partial charge in [-0.15, -0.1) is 11.3 Å². The van der Waals surface area contributed by atoms with Gasteiger partial charge in [-0.1, -0.05) is 0 Å². The summed E-state index contributed by atoms with van der Waals surface area (Å²) < 4.78 is 49.8. The molecule has 10 nitrogen and oxygen atoms in total. The minimum absolute atomic E-state index is 0.0430. The maximum atomic E-state index is 14.5. The van der Waals surface area contributed by atoms with Crippen LogP contribution in [0.4, 0.5) is 19.6 Å². The number of amides is 1. The number of oxazole rings is 1. The molecule has 2 atom stereocenters. The second kappa shape index (κ2) is 9.68. The van der Waals surface area contributed by atoms with Gasteiger partial charge in [0.15, 0.2) is 11.3 Å². The summed E-state index contributed by atoms with van der Waals surface area (Å²) in [4.78, 5) is 37.2. The van der Waals surface area contributed by atoms with Crippen LogP contribution in [0.15, 0.2) is 28.1 Å². The van der Waals surface area contributed by atoms with Crippen molar-refractivity contribution in [3.05, 3.63) is 23.7 Å². The number of carbonyl (C=O) groups excluding carboxylic acids is 2. The van der Waals surface area contributed by atoms with Gasteiger partial charge in [0.25, 0.3) is 6.01 Å². The number of fused-ring (bicyclic) bond motifs is 3. The maximum absolute atomic E-state index is 14.5. The number of halogens is 2. The van der Waals surface area contributed by atoms with Crippen molar-refractivity contribution in [2.24, 2.45) is 0 Å². The van der Waals surface area contributed by atoms with Gasteiger partial charge in [-0.05, 0) is 52.7 Å². The third kappa shape index (κ3) is 4.98. The molecule has 2 bridgehead atoms. The highest BCUT2D eigenvalue weighted by Crippen LogP contribution is 2.41. The summed E-state index contributed by atoms with van der Waals surface area (Å²) in [6.45, 7) is 7.55. The average Bonchev–Trinajstić information content (AvgIpc) is 3.57. The number of ether oxygens (including phenoxy) is 3. The summed E-state index contributed by atoms with van der Waals surface area (Å²) in [5.41, 5.74) is 0.196.